The fourth-order valence-electron chi connectivity index (χ4n) is 2.85. The maximum Gasteiger partial charge on any atom is 0.231 e. The fourth-order valence-corrected chi connectivity index (χ4v) is 3.05. The van der Waals surface area contributed by atoms with E-state index in [-0.39, 0.29) is 12.5 Å². The van der Waals surface area contributed by atoms with Gasteiger partial charge in [0.25, 0.3) is 0 Å². The zero-order chi connectivity index (χ0) is 14.5. The summed E-state index contributed by atoms with van der Waals surface area (Å²) in [6.07, 6.45) is 3.82. The van der Waals surface area contributed by atoms with Crippen LogP contribution < -0.4 is 5.73 Å². The second-order valence-corrected chi connectivity index (χ2v) is 5.84. The van der Waals surface area contributed by atoms with Crippen LogP contribution in [0.1, 0.15) is 37.4 Å². The third-order valence-electron chi connectivity index (χ3n) is 3.84. The first-order valence-electron chi connectivity index (χ1n) is 7.02. The molecule has 1 fully saturated rings. The average Bonchev–Trinajstić information content (AvgIpc) is 2.91. The zero-order valence-corrected chi connectivity index (χ0v) is 12.2. The van der Waals surface area contributed by atoms with E-state index in [9.17, 15) is 9.90 Å². The molecular formula is C15H21ClN2O2. The van der Waals surface area contributed by atoms with E-state index in [1.165, 1.54) is 12.8 Å². The second kappa shape index (κ2) is 7.07. The lowest BCUT2D eigenvalue weighted by Gasteiger charge is -2.29. The predicted molar refractivity (Wildman–Crippen MR) is 79.4 cm³/mol. The number of primary amides is 1. The lowest BCUT2D eigenvalue weighted by atomic mass is 10.1. The van der Waals surface area contributed by atoms with E-state index in [1.54, 1.807) is 12.1 Å². The lowest BCUT2D eigenvalue weighted by molar-refractivity contribution is -0.120. The number of amides is 1. The van der Waals surface area contributed by atoms with Crippen molar-refractivity contribution in [3.05, 3.63) is 34.9 Å². The molecular weight excluding hydrogens is 276 g/mol. The molecule has 4 nitrogen and oxygen atoms in total. The number of aliphatic hydroxyl groups excluding tert-OH is 1. The molecule has 2 rings (SSSR count). The minimum absolute atomic E-state index is 0.197. The van der Waals surface area contributed by atoms with Gasteiger partial charge >= 0.3 is 0 Å². The molecule has 1 unspecified atom stereocenters. The summed E-state index contributed by atoms with van der Waals surface area (Å²) in [4.78, 5) is 13.2. The molecule has 0 heterocycles. The number of benzene rings is 1. The van der Waals surface area contributed by atoms with E-state index in [0.29, 0.717) is 17.6 Å². The second-order valence-electron chi connectivity index (χ2n) is 5.40. The average molecular weight is 297 g/mol. The van der Waals surface area contributed by atoms with Gasteiger partial charge in [0.2, 0.25) is 5.91 Å². The highest BCUT2D eigenvalue weighted by atomic mass is 35.5. The molecule has 1 aliphatic carbocycles. The van der Waals surface area contributed by atoms with Gasteiger partial charge in [0.1, 0.15) is 0 Å². The largest absolute Gasteiger partial charge is 0.387 e. The Bertz CT molecular complexity index is 461. The monoisotopic (exact) mass is 296 g/mol. The summed E-state index contributed by atoms with van der Waals surface area (Å²) in [5.74, 6) is -0.352. The Kier molecular flexibility index (Phi) is 5.40. The van der Waals surface area contributed by atoms with Crippen LogP contribution in [-0.4, -0.2) is 35.0 Å². The van der Waals surface area contributed by atoms with Crippen molar-refractivity contribution in [3.63, 3.8) is 0 Å². The van der Waals surface area contributed by atoms with Crippen LogP contribution in [0.15, 0.2) is 24.3 Å². The van der Waals surface area contributed by atoms with Crippen LogP contribution in [0.4, 0.5) is 0 Å². The first-order valence-corrected chi connectivity index (χ1v) is 7.40. The maximum atomic E-state index is 11.2. The summed E-state index contributed by atoms with van der Waals surface area (Å²) in [5.41, 5.74) is 6.08. The number of halogens is 1. The number of carbonyl (C=O) groups excluding carboxylic acids is 1. The third kappa shape index (κ3) is 4.20. The summed E-state index contributed by atoms with van der Waals surface area (Å²) in [5, 5.41) is 10.9. The topological polar surface area (TPSA) is 66.6 Å². The normalized spacial score (nSPS) is 17.6. The molecule has 1 aromatic carbocycles. The molecule has 1 amide bonds. The number of nitrogens with two attached hydrogens (primary N) is 1. The molecule has 20 heavy (non-hydrogen) atoms. The van der Waals surface area contributed by atoms with Gasteiger partial charge in [-0.05, 0) is 30.5 Å². The Balaban J connectivity index is 2.04. The van der Waals surface area contributed by atoms with E-state index in [2.05, 4.69) is 0 Å². The molecule has 0 saturated heterocycles. The highest BCUT2D eigenvalue weighted by molar-refractivity contribution is 6.30. The minimum Gasteiger partial charge on any atom is -0.387 e. The van der Waals surface area contributed by atoms with Crippen molar-refractivity contribution in [2.24, 2.45) is 5.73 Å². The highest BCUT2D eigenvalue weighted by Gasteiger charge is 2.26. The fraction of sp³-hybridized carbons (Fsp3) is 0.533. The SMILES string of the molecule is NC(=O)CN(CC(O)c1cccc(Cl)c1)C1CCCC1. The molecule has 110 valence electrons. The lowest BCUT2D eigenvalue weighted by Crippen LogP contribution is -2.42. The summed E-state index contributed by atoms with van der Waals surface area (Å²) >= 11 is 5.94. The Hall–Kier alpha value is -1.10. The molecule has 0 spiro atoms. The van der Waals surface area contributed by atoms with Gasteiger partial charge < -0.3 is 10.8 Å². The van der Waals surface area contributed by atoms with Crippen molar-refractivity contribution in [2.45, 2.75) is 37.8 Å². The van der Waals surface area contributed by atoms with Gasteiger partial charge in [-0.2, -0.15) is 0 Å². The van der Waals surface area contributed by atoms with E-state index < -0.39 is 6.10 Å². The molecule has 1 aliphatic rings. The first-order chi connectivity index (χ1) is 9.56. The first kappa shape index (κ1) is 15.3. The summed E-state index contributed by atoms with van der Waals surface area (Å²) in [6.45, 7) is 0.607. The standard InChI is InChI=1S/C15H21ClN2O2/c16-12-5-3-4-11(8-12)14(19)9-18(10-15(17)20)13-6-1-2-7-13/h3-5,8,13-14,19H,1-2,6-7,9-10H2,(H2,17,20). The molecule has 1 aromatic rings. The van der Waals surface area contributed by atoms with Gasteiger partial charge in [0.15, 0.2) is 0 Å². The van der Waals surface area contributed by atoms with Gasteiger partial charge in [-0.3, -0.25) is 9.69 Å². The van der Waals surface area contributed by atoms with Crippen molar-refractivity contribution in [1.82, 2.24) is 4.90 Å². The summed E-state index contributed by atoms with van der Waals surface area (Å²) in [6, 6.07) is 7.53. The van der Waals surface area contributed by atoms with Crippen molar-refractivity contribution in [1.29, 1.82) is 0 Å². The Morgan fingerprint density at radius 1 is 1.45 bits per heavy atom. The van der Waals surface area contributed by atoms with Crippen molar-refractivity contribution >= 4 is 17.5 Å². The van der Waals surface area contributed by atoms with E-state index in [1.807, 2.05) is 17.0 Å². The Morgan fingerprint density at radius 2 is 2.15 bits per heavy atom. The molecule has 0 bridgehead atoms. The van der Waals surface area contributed by atoms with Gasteiger partial charge in [-0.25, -0.2) is 0 Å². The van der Waals surface area contributed by atoms with Crippen LogP contribution in [0.2, 0.25) is 5.02 Å². The smallest absolute Gasteiger partial charge is 0.231 e. The molecule has 5 heteroatoms. The van der Waals surface area contributed by atoms with Crippen LogP contribution in [0.25, 0.3) is 0 Å². The molecule has 0 aliphatic heterocycles. The van der Waals surface area contributed by atoms with Crippen LogP contribution in [0.5, 0.6) is 0 Å². The maximum absolute atomic E-state index is 11.2. The highest BCUT2D eigenvalue weighted by Crippen LogP contribution is 2.26. The zero-order valence-electron chi connectivity index (χ0n) is 11.5. The van der Waals surface area contributed by atoms with Crippen molar-refractivity contribution < 1.29 is 9.90 Å². The number of carbonyl (C=O) groups is 1. The van der Waals surface area contributed by atoms with Crippen LogP contribution >= 0.6 is 11.6 Å². The van der Waals surface area contributed by atoms with E-state index in [0.717, 1.165) is 18.4 Å². The van der Waals surface area contributed by atoms with Crippen LogP contribution in [-0.2, 0) is 4.79 Å². The van der Waals surface area contributed by atoms with Crippen LogP contribution in [0, 0.1) is 0 Å². The number of hydrogen-bond donors (Lipinski definition) is 2. The Labute approximate surface area is 124 Å². The van der Waals surface area contributed by atoms with Gasteiger partial charge in [-0.1, -0.05) is 36.6 Å². The third-order valence-corrected chi connectivity index (χ3v) is 4.08. The molecule has 0 aromatic heterocycles. The number of hydrogen-bond acceptors (Lipinski definition) is 3. The molecule has 3 N–H and O–H groups in total. The predicted octanol–water partition coefficient (Wildman–Crippen LogP) is 2.10. The van der Waals surface area contributed by atoms with E-state index >= 15 is 0 Å². The number of nitrogens with zero attached hydrogens (tertiary/aromatic N) is 1. The van der Waals surface area contributed by atoms with Gasteiger partial charge in [0, 0.05) is 17.6 Å². The van der Waals surface area contributed by atoms with Gasteiger partial charge in [-0.15, -0.1) is 0 Å². The van der Waals surface area contributed by atoms with Crippen molar-refractivity contribution in [3.8, 4) is 0 Å². The molecule has 1 saturated carbocycles. The van der Waals surface area contributed by atoms with E-state index in [4.69, 9.17) is 17.3 Å². The quantitative estimate of drug-likeness (QED) is 0.845. The van der Waals surface area contributed by atoms with Crippen molar-refractivity contribution in [2.75, 3.05) is 13.1 Å². The minimum atomic E-state index is -0.659. The number of aliphatic hydroxyl groups is 1. The Morgan fingerprint density at radius 3 is 2.75 bits per heavy atom. The van der Waals surface area contributed by atoms with Crippen LogP contribution in [0.3, 0.4) is 0 Å². The summed E-state index contributed by atoms with van der Waals surface area (Å²) in [7, 11) is 0. The molecule has 1 atom stereocenters. The number of rotatable bonds is 6. The molecule has 0 radical (unpaired) electrons. The summed E-state index contributed by atoms with van der Waals surface area (Å²) < 4.78 is 0. The van der Waals surface area contributed by atoms with Gasteiger partial charge in [0.05, 0.1) is 12.6 Å².